The van der Waals surface area contributed by atoms with Crippen LogP contribution in [0.4, 0.5) is 39.5 Å². The summed E-state index contributed by atoms with van der Waals surface area (Å²) in [6.07, 6.45) is -11.4. The maximum atomic E-state index is 16.1. The summed E-state index contributed by atoms with van der Waals surface area (Å²) in [6, 6.07) is 0. The predicted molar refractivity (Wildman–Crippen MR) is 95.5 cm³/mol. The Balaban J connectivity index is 7.47. The summed E-state index contributed by atoms with van der Waals surface area (Å²) in [6.45, 7) is 9.04. The minimum absolute atomic E-state index is 0.520. The third kappa shape index (κ3) is 3.38. The molecule has 0 aromatic rings. The zero-order valence-corrected chi connectivity index (χ0v) is 18.1. The molecule has 0 rings (SSSR count). The van der Waals surface area contributed by atoms with Crippen molar-refractivity contribution >= 4 is 0 Å². The first kappa shape index (κ1) is 28.1. The number of hydrogen-bond donors (Lipinski definition) is 0. The molecular formula is C20H31F9. The Morgan fingerprint density at radius 2 is 1.10 bits per heavy atom. The van der Waals surface area contributed by atoms with Gasteiger partial charge in [-0.05, 0) is 12.8 Å². The van der Waals surface area contributed by atoms with Gasteiger partial charge in [0.2, 0.25) is 6.43 Å². The lowest BCUT2D eigenvalue weighted by molar-refractivity contribution is -0.389. The van der Waals surface area contributed by atoms with Crippen LogP contribution in [0.15, 0.2) is 12.4 Å². The molecule has 0 heterocycles. The Bertz CT molecular complexity index is 606. The molecule has 0 aromatic carbocycles. The van der Waals surface area contributed by atoms with Crippen LogP contribution in [0.2, 0.25) is 0 Å². The Morgan fingerprint density at radius 1 is 0.759 bits per heavy atom. The van der Waals surface area contributed by atoms with E-state index in [-0.39, 0.29) is 0 Å². The molecule has 9 heteroatoms. The first-order chi connectivity index (χ1) is 12.5. The Morgan fingerprint density at radius 3 is 1.31 bits per heavy atom. The summed E-state index contributed by atoms with van der Waals surface area (Å²) >= 11 is 0. The zero-order valence-electron chi connectivity index (χ0n) is 18.1. The molecule has 0 fully saturated rings. The van der Waals surface area contributed by atoms with Crippen LogP contribution in [0.3, 0.4) is 0 Å². The van der Waals surface area contributed by atoms with Crippen molar-refractivity contribution in [3.63, 3.8) is 0 Å². The summed E-state index contributed by atoms with van der Waals surface area (Å²) in [5.74, 6) is -6.76. The van der Waals surface area contributed by atoms with Gasteiger partial charge in [-0.25, -0.2) is 26.3 Å². The smallest absolute Gasteiger partial charge is 0.226 e. The van der Waals surface area contributed by atoms with E-state index >= 15 is 13.2 Å². The van der Waals surface area contributed by atoms with Gasteiger partial charge in [0.05, 0.1) is 5.83 Å². The molecular weight excluding hydrogens is 411 g/mol. The predicted octanol–water partition coefficient (Wildman–Crippen LogP) is 8.53. The minimum Gasteiger partial charge on any atom is -0.226 e. The molecule has 0 saturated carbocycles. The summed E-state index contributed by atoms with van der Waals surface area (Å²) in [5.41, 5.74) is -16.6. The third-order valence-electron chi connectivity index (χ3n) is 7.72. The molecule has 0 N–H and O–H groups in total. The second-order valence-corrected chi connectivity index (χ2v) is 9.15. The van der Waals surface area contributed by atoms with Gasteiger partial charge in [-0.15, -0.1) is 0 Å². The van der Waals surface area contributed by atoms with E-state index < -0.39 is 64.5 Å². The highest BCUT2D eigenvalue weighted by atomic mass is 19.4. The SMILES string of the molecule is C=C(F)C(C)(C)C(C)(CC)C(F)(C(F)(F)F)C(F)(F)C(C)(CC)C(C)(C)C(F)F. The van der Waals surface area contributed by atoms with Crippen LogP contribution < -0.4 is 0 Å². The number of alkyl halides is 8. The van der Waals surface area contributed by atoms with E-state index in [4.69, 9.17) is 0 Å². The molecule has 0 amide bonds. The van der Waals surface area contributed by atoms with Crippen molar-refractivity contribution in [2.24, 2.45) is 21.7 Å². The molecule has 3 atom stereocenters. The van der Waals surface area contributed by atoms with Crippen LogP contribution in [0.25, 0.3) is 0 Å². The first-order valence-electron chi connectivity index (χ1n) is 9.27. The summed E-state index contributed by atoms with van der Waals surface area (Å²) < 4.78 is 131. The van der Waals surface area contributed by atoms with Gasteiger partial charge >= 0.3 is 6.18 Å². The van der Waals surface area contributed by atoms with Crippen molar-refractivity contribution < 1.29 is 39.5 Å². The lowest BCUT2D eigenvalue weighted by Crippen LogP contribution is -2.74. The Labute approximate surface area is 166 Å². The molecule has 0 aliphatic rings. The van der Waals surface area contributed by atoms with E-state index in [1.165, 1.54) is 0 Å². The number of hydrogen-bond acceptors (Lipinski definition) is 0. The van der Waals surface area contributed by atoms with E-state index in [0.29, 0.717) is 27.7 Å². The van der Waals surface area contributed by atoms with Gasteiger partial charge in [0.15, 0.2) is 0 Å². The van der Waals surface area contributed by atoms with Crippen molar-refractivity contribution in [2.75, 3.05) is 0 Å². The van der Waals surface area contributed by atoms with Crippen LogP contribution in [0, 0.1) is 21.7 Å². The topological polar surface area (TPSA) is 0 Å². The standard InChI is InChI=1S/C20H31F9/c1-10-16(8,14(4,5)12(3)21)18(24,20(27,28)29)19(25,26)17(9,11-2)15(6,7)13(22)23/h13H,3,10-11H2,1-2,4-9H3. The second-order valence-electron chi connectivity index (χ2n) is 9.15. The lowest BCUT2D eigenvalue weighted by Gasteiger charge is -2.59. The molecule has 0 aromatic heterocycles. The van der Waals surface area contributed by atoms with E-state index in [9.17, 15) is 26.3 Å². The van der Waals surface area contributed by atoms with Crippen LogP contribution in [0.5, 0.6) is 0 Å². The second kappa shape index (κ2) is 7.66. The molecule has 0 bridgehead atoms. The number of rotatable bonds is 9. The fourth-order valence-corrected chi connectivity index (χ4v) is 3.96. The normalized spacial score (nSPS) is 20.8. The fraction of sp³-hybridized carbons (Fsp3) is 0.900. The monoisotopic (exact) mass is 442 g/mol. The maximum absolute atomic E-state index is 16.1. The van der Waals surface area contributed by atoms with E-state index in [2.05, 4.69) is 6.58 Å². The fourth-order valence-electron chi connectivity index (χ4n) is 3.96. The quantitative estimate of drug-likeness (QED) is 0.314. The van der Waals surface area contributed by atoms with Gasteiger partial charge in [0.1, 0.15) is 0 Å². The van der Waals surface area contributed by atoms with Gasteiger partial charge in [-0.3, -0.25) is 0 Å². The largest absolute Gasteiger partial charge is 0.429 e. The first-order valence-corrected chi connectivity index (χ1v) is 9.27. The average Bonchev–Trinajstić information content (AvgIpc) is 2.57. The molecule has 0 aliphatic carbocycles. The zero-order chi connectivity index (χ0) is 24.1. The highest BCUT2D eigenvalue weighted by Gasteiger charge is 2.85. The number of halogens is 9. The summed E-state index contributed by atoms with van der Waals surface area (Å²) in [7, 11) is 0. The van der Waals surface area contributed by atoms with Gasteiger partial charge in [0, 0.05) is 21.7 Å². The summed E-state index contributed by atoms with van der Waals surface area (Å²) in [4.78, 5) is 0. The van der Waals surface area contributed by atoms with Crippen LogP contribution in [-0.4, -0.2) is 24.2 Å². The Hall–Kier alpha value is -0.890. The van der Waals surface area contributed by atoms with Crippen molar-refractivity contribution in [3.05, 3.63) is 12.4 Å². The average molecular weight is 442 g/mol. The van der Waals surface area contributed by atoms with Crippen molar-refractivity contribution in [3.8, 4) is 0 Å². The van der Waals surface area contributed by atoms with Gasteiger partial charge in [0.25, 0.3) is 11.6 Å². The molecule has 0 spiro atoms. The lowest BCUT2D eigenvalue weighted by atomic mass is 9.49. The highest BCUT2D eigenvalue weighted by Crippen LogP contribution is 2.70. The van der Waals surface area contributed by atoms with Crippen molar-refractivity contribution in [1.29, 1.82) is 0 Å². The van der Waals surface area contributed by atoms with E-state index in [0.717, 1.165) is 27.7 Å². The van der Waals surface area contributed by atoms with Crippen molar-refractivity contribution in [1.82, 2.24) is 0 Å². The molecule has 0 radical (unpaired) electrons. The minimum atomic E-state index is -6.19. The van der Waals surface area contributed by atoms with E-state index in [1.54, 1.807) is 0 Å². The maximum Gasteiger partial charge on any atom is 0.429 e. The van der Waals surface area contributed by atoms with Crippen molar-refractivity contribution in [2.45, 2.75) is 92.4 Å². The molecule has 174 valence electrons. The van der Waals surface area contributed by atoms with Gasteiger partial charge < -0.3 is 0 Å². The van der Waals surface area contributed by atoms with Crippen LogP contribution in [-0.2, 0) is 0 Å². The molecule has 0 aliphatic heterocycles. The highest BCUT2D eigenvalue weighted by molar-refractivity contribution is 5.23. The van der Waals surface area contributed by atoms with Crippen LogP contribution >= 0.6 is 0 Å². The Kier molecular flexibility index (Phi) is 7.43. The molecule has 0 saturated heterocycles. The third-order valence-corrected chi connectivity index (χ3v) is 7.72. The number of allylic oxidation sites excluding steroid dienone is 1. The van der Waals surface area contributed by atoms with E-state index in [1.807, 2.05) is 0 Å². The molecule has 29 heavy (non-hydrogen) atoms. The van der Waals surface area contributed by atoms with Gasteiger partial charge in [-0.1, -0.05) is 62.0 Å². The summed E-state index contributed by atoms with van der Waals surface area (Å²) in [5, 5.41) is 0. The van der Waals surface area contributed by atoms with Crippen LogP contribution in [0.1, 0.15) is 68.2 Å². The van der Waals surface area contributed by atoms with Gasteiger partial charge in [-0.2, -0.15) is 13.2 Å². The molecule has 0 nitrogen and oxygen atoms in total. The molecule has 3 unspecified atom stereocenters.